The molecule has 2 aromatic carbocycles. The molecule has 0 aromatic heterocycles. The van der Waals surface area contributed by atoms with Crippen molar-refractivity contribution in [1.29, 1.82) is 0 Å². The summed E-state index contributed by atoms with van der Waals surface area (Å²) in [5, 5.41) is 3.68. The molecule has 1 N–H and O–H groups in total. The molecule has 1 aliphatic rings. The molecule has 1 amide bonds. The summed E-state index contributed by atoms with van der Waals surface area (Å²) in [5.74, 6) is 1.16. The van der Waals surface area contributed by atoms with Gasteiger partial charge in [0.2, 0.25) is 15.9 Å². The van der Waals surface area contributed by atoms with Crippen LogP contribution in [0.5, 0.6) is 0 Å². The fraction of sp³-hybridized carbons (Fsp3) is 0.409. The van der Waals surface area contributed by atoms with E-state index in [4.69, 9.17) is 23.2 Å². The molecule has 1 saturated heterocycles. The number of piperidine rings is 1. The molecule has 2 aromatic rings. The van der Waals surface area contributed by atoms with Gasteiger partial charge in [0.1, 0.15) is 0 Å². The number of nitrogens with zero attached hydrogens (tertiary/aromatic N) is 1. The van der Waals surface area contributed by atoms with E-state index in [1.165, 1.54) is 9.87 Å². The van der Waals surface area contributed by atoms with Gasteiger partial charge in [0.15, 0.2) is 0 Å². The van der Waals surface area contributed by atoms with Crippen LogP contribution in [-0.4, -0.2) is 44.0 Å². The van der Waals surface area contributed by atoms with Crippen LogP contribution in [0.3, 0.4) is 0 Å². The lowest BCUT2D eigenvalue weighted by Gasteiger charge is -2.31. The summed E-state index contributed by atoms with van der Waals surface area (Å²) in [5.41, 5.74) is 1.84. The van der Waals surface area contributed by atoms with E-state index in [-0.39, 0.29) is 24.1 Å². The molecule has 5 nitrogen and oxygen atoms in total. The van der Waals surface area contributed by atoms with Crippen molar-refractivity contribution in [3.05, 3.63) is 69.7 Å². The van der Waals surface area contributed by atoms with E-state index in [0.29, 0.717) is 41.5 Å². The van der Waals surface area contributed by atoms with E-state index in [0.717, 1.165) is 11.5 Å². The Kier molecular flexibility index (Phi) is 9.10. The average Bonchev–Trinajstić information content (AvgIpc) is 2.76. The van der Waals surface area contributed by atoms with Crippen molar-refractivity contribution >= 4 is 50.9 Å². The summed E-state index contributed by atoms with van der Waals surface area (Å²) in [6.45, 7) is 1.22. The van der Waals surface area contributed by atoms with E-state index in [9.17, 15) is 13.2 Å². The molecule has 1 aliphatic heterocycles. The summed E-state index contributed by atoms with van der Waals surface area (Å²) in [4.78, 5) is 12.6. The summed E-state index contributed by atoms with van der Waals surface area (Å²) in [6, 6.07) is 15.0. The third kappa shape index (κ3) is 7.39. The maximum absolute atomic E-state index is 12.9. The normalized spacial score (nSPS) is 17.4. The van der Waals surface area contributed by atoms with Gasteiger partial charge in [-0.2, -0.15) is 11.8 Å². The Balaban J connectivity index is 1.46. The first-order valence-electron chi connectivity index (χ1n) is 10.2. The van der Waals surface area contributed by atoms with Crippen LogP contribution in [0.15, 0.2) is 48.5 Å². The lowest BCUT2D eigenvalue weighted by molar-refractivity contribution is -0.125. The van der Waals surface area contributed by atoms with Crippen molar-refractivity contribution in [1.82, 2.24) is 9.62 Å². The SMILES string of the molecule is O=C(NCCSCc1ccccc1)[C@@H]1CCCN(S(=O)(=O)Cc2ccc(Cl)c(Cl)c2)C1. The quantitative estimate of drug-likeness (QED) is 0.511. The van der Waals surface area contributed by atoms with Gasteiger partial charge >= 0.3 is 0 Å². The standard InChI is InChI=1S/C22H26Cl2N2O3S2/c23-20-9-8-18(13-21(20)24)16-31(28,29)26-11-4-7-19(14-26)22(27)25-10-12-30-15-17-5-2-1-3-6-17/h1-3,5-6,8-9,13,19H,4,7,10-12,14-16H2,(H,25,27)/t19-/m1/s1. The molecule has 0 aliphatic carbocycles. The smallest absolute Gasteiger partial charge is 0.224 e. The predicted molar refractivity (Wildman–Crippen MR) is 129 cm³/mol. The molecule has 3 rings (SSSR count). The molecular weight excluding hydrogens is 475 g/mol. The second-order valence-electron chi connectivity index (χ2n) is 7.53. The largest absolute Gasteiger partial charge is 0.355 e. The second-order valence-corrected chi connectivity index (χ2v) is 11.4. The van der Waals surface area contributed by atoms with Gasteiger partial charge in [-0.3, -0.25) is 4.79 Å². The minimum Gasteiger partial charge on any atom is -0.355 e. The highest BCUT2D eigenvalue weighted by atomic mass is 35.5. The maximum Gasteiger partial charge on any atom is 0.224 e. The van der Waals surface area contributed by atoms with Crippen molar-refractivity contribution in [3.8, 4) is 0 Å². The Bertz CT molecular complexity index is 988. The Morgan fingerprint density at radius 1 is 1.10 bits per heavy atom. The molecular formula is C22H26Cl2N2O3S2. The Labute approximate surface area is 198 Å². The molecule has 0 bridgehead atoms. The van der Waals surface area contributed by atoms with Crippen LogP contribution in [0, 0.1) is 5.92 Å². The zero-order chi connectivity index (χ0) is 22.3. The first kappa shape index (κ1) is 24.4. The average molecular weight is 502 g/mol. The van der Waals surface area contributed by atoms with Gasteiger partial charge in [0.25, 0.3) is 0 Å². The minimum atomic E-state index is -3.54. The van der Waals surface area contributed by atoms with Crippen molar-refractivity contribution in [2.75, 3.05) is 25.4 Å². The highest BCUT2D eigenvalue weighted by Crippen LogP contribution is 2.26. The second kappa shape index (κ2) is 11.6. The number of rotatable bonds is 9. The topological polar surface area (TPSA) is 66.5 Å². The molecule has 31 heavy (non-hydrogen) atoms. The lowest BCUT2D eigenvalue weighted by atomic mass is 9.99. The van der Waals surface area contributed by atoms with E-state index >= 15 is 0 Å². The Morgan fingerprint density at radius 3 is 2.61 bits per heavy atom. The molecule has 0 saturated carbocycles. The zero-order valence-corrected chi connectivity index (χ0v) is 20.2. The van der Waals surface area contributed by atoms with Crippen LogP contribution in [0.4, 0.5) is 0 Å². The van der Waals surface area contributed by atoms with E-state index in [1.807, 2.05) is 18.2 Å². The summed E-state index contributed by atoms with van der Waals surface area (Å²) >= 11 is 13.7. The van der Waals surface area contributed by atoms with Gasteiger partial charge in [-0.05, 0) is 36.1 Å². The van der Waals surface area contributed by atoms with E-state index < -0.39 is 10.0 Å². The number of sulfonamides is 1. The van der Waals surface area contributed by atoms with Crippen molar-refractivity contribution in [3.63, 3.8) is 0 Å². The van der Waals surface area contributed by atoms with Crippen LogP contribution < -0.4 is 5.32 Å². The fourth-order valence-corrected chi connectivity index (χ4v) is 6.23. The summed E-state index contributed by atoms with van der Waals surface area (Å²) in [6.07, 6.45) is 1.36. The summed E-state index contributed by atoms with van der Waals surface area (Å²) in [7, 11) is -3.54. The number of hydrogen-bond donors (Lipinski definition) is 1. The van der Waals surface area contributed by atoms with Crippen molar-refractivity contribution in [2.45, 2.75) is 24.3 Å². The van der Waals surface area contributed by atoms with E-state index in [1.54, 1.807) is 30.0 Å². The monoisotopic (exact) mass is 500 g/mol. The van der Waals surface area contributed by atoms with Gasteiger partial charge in [-0.1, -0.05) is 59.6 Å². The van der Waals surface area contributed by atoms with Gasteiger partial charge in [-0.15, -0.1) is 0 Å². The molecule has 1 fully saturated rings. The van der Waals surface area contributed by atoms with Gasteiger partial charge in [0, 0.05) is 31.1 Å². The summed E-state index contributed by atoms with van der Waals surface area (Å²) < 4.78 is 27.2. The molecule has 1 heterocycles. The molecule has 168 valence electrons. The Hall–Kier alpha value is -1.25. The number of hydrogen-bond acceptors (Lipinski definition) is 4. The lowest BCUT2D eigenvalue weighted by Crippen LogP contribution is -2.46. The number of nitrogens with one attached hydrogen (secondary N) is 1. The van der Waals surface area contributed by atoms with Crippen LogP contribution >= 0.6 is 35.0 Å². The first-order valence-corrected chi connectivity index (χ1v) is 13.7. The number of carbonyl (C=O) groups excluding carboxylic acids is 1. The van der Waals surface area contributed by atoms with Crippen LogP contribution in [0.1, 0.15) is 24.0 Å². The van der Waals surface area contributed by atoms with Crippen molar-refractivity contribution < 1.29 is 13.2 Å². The number of carbonyl (C=O) groups is 1. The van der Waals surface area contributed by atoms with Crippen LogP contribution in [0.2, 0.25) is 10.0 Å². The number of benzene rings is 2. The third-order valence-electron chi connectivity index (χ3n) is 5.14. The van der Waals surface area contributed by atoms with Crippen LogP contribution in [-0.2, 0) is 26.3 Å². The molecule has 9 heteroatoms. The maximum atomic E-state index is 12.9. The predicted octanol–water partition coefficient (Wildman–Crippen LogP) is 4.58. The molecule has 0 unspecified atom stereocenters. The third-order valence-corrected chi connectivity index (χ3v) is 8.72. The van der Waals surface area contributed by atoms with Gasteiger partial charge in [0.05, 0.1) is 21.7 Å². The highest BCUT2D eigenvalue weighted by molar-refractivity contribution is 7.98. The molecule has 0 spiro atoms. The van der Waals surface area contributed by atoms with E-state index in [2.05, 4.69) is 17.4 Å². The van der Waals surface area contributed by atoms with Gasteiger partial charge < -0.3 is 5.32 Å². The highest BCUT2D eigenvalue weighted by Gasteiger charge is 2.32. The van der Waals surface area contributed by atoms with Gasteiger partial charge in [-0.25, -0.2) is 12.7 Å². The molecule has 0 radical (unpaired) electrons. The Morgan fingerprint density at radius 2 is 1.87 bits per heavy atom. The zero-order valence-electron chi connectivity index (χ0n) is 17.1. The molecule has 1 atom stereocenters. The number of thioether (sulfide) groups is 1. The minimum absolute atomic E-state index is 0.0743. The first-order chi connectivity index (χ1) is 14.8. The van der Waals surface area contributed by atoms with Crippen LogP contribution in [0.25, 0.3) is 0 Å². The number of amides is 1. The van der Waals surface area contributed by atoms with Crippen molar-refractivity contribution in [2.24, 2.45) is 5.92 Å². The fourth-order valence-electron chi connectivity index (χ4n) is 3.50. The number of halogens is 2.